The Bertz CT molecular complexity index is 761. The lowest BCUT2D eigenvalue weighted by atomic mass is 10.0. The normalized spacial score (nSPS) is 13.2. The second kappa shape index (κ2) is 7.70. The van der Waals surface area contributed by atoms with Crippen LogP contribution < -0.4 is 20.1 Å². The summed E-state index contributed by atoms with van der Waals surface area (Å²) in [5, 5.41) is 5.70. The number of ether oxygens (including phenoxy) is 2. The number of carbonyl (C=O) groups is 2. The molecule has 0 saturated heterocycles. The van der Waals surface area contributed by atoms with E-state index in [2.05, 4.69) is 10.6 Å². The Balaban J connectivity index is 1.59. The molecule has 6 nitrogen and oxygen atoms in total. The molecule has 0 saturated carbocycles. The number of nitrogens with one attached hydrogen (secondary N) is 2. The topological polar surface area (TPSA) is 76.7 Å². The Morgan fingerprint density at radius 2 is 1.84 bits per heavy atom. The van der Waals surface area contributed by atoms with Crippen LogP contribution in [0.4, 0.5) is 0 Å². The average Bonchev–Trinajstić information content (AvgIpc) is 3.07. The minimum atomic E-state index is -0.351. The van der Waals surface area contributed by atoms with Crippen molar-refractivity contribution in [3.05, 3.63) is 59.7 Å². The molecule has 0 spiro atoms. The summed E-state index contributed by atoms with van der Waals surface area (Å²) in [7, 11) is 0. The zero-order valence-corrected chi connectivity index (χ0v) is 14.0. The highest BCUT2D eigenvalue weighted by molar-refractivity contribution is 5.79. The van der Waals surface area contributed by atoms with Crippen molar-refractivity contribution in [1.82, 2.24) is 10.6 Å². The van der Waals surface area contributed by atoms with Gasteiger partial charge in [-0.25, -0.2) is 0 Å². The fourth-order valence-electron chi connectivity index (χ4n) is 2.69. The molecule has 6 heteroatoms. The summed E-state index contributed by atoms with van der Waals surface area (Å²) in [6.07, 6.45) is 0.175. The van der Waals surface area contributed by atoms with Crippen molar-refractivity contribution in [1.29, 1.82) is 0 Å². The van der Waals surface area contributed by atoms with Gasteiger partial charge in [0.2, 0.25) is 18.6 Å². The molecular formula is C19H20N2O4. The molecule has 0 fully saturated rings. The molecule has 0 unspecified atom stereocenters. The molecule has 1 heterocycles. The average molecular weight is 340 g/mol. The van der Waals surface area contributed by atoms with Crippen LogP contribution in [-0.2, 0) is 16.1 Å². The van der Waals surface area contributed by atoms with E-state index in [1.54, 1.807) is 0 Å². The summed E-state index contributed by atoms with van der Waals surface area (Å²) in [4.78, 5) is 23.7. The van der Waals surface area contributed by atoms with Crippen molar-refractivity contribution in [3.8, 4) is 11.5 Å². The van der Waals surface area contributed by atoms with Crippen LogP contribution in [0.15, 0.2) is 48.5 Å². The largest absolute Gasteiger partial charge is 0.454 e. The van der Waals surface area contributed by atoms with E-state index in [0.717, 1.165) is 11.1 Å². The van der Waals surface area contributed by atoms with Gasteiger partial charge in [0, 0.05) is 13.5 Å². The van der Waals surface area contributed by atoms with Crippen LogP contribution in [0.2, 0.25) is 0 Å². The Labute approximate surface area is 146 Å². The Kier molecular flexibility index (Phi) is 5.18. The molecule has 0 aromatic heterocycles. The van der Waals surface area contributed by atoms with Gasteiger partial charge in [0.1, 0.15) is 0 Å². The fourth-order valence-corrected chi connectivity index (χ4v) is 2.69. The number of rotatable bonds is 6. The Morgan fingerprint density at radius 1 is 1.08 bits per heavy atom. The first-order valence-corrected chi connectivity index (χ1v) is 8.09. The third kappa shape index (κ3) is 4.50. The van der Waals surface area contributed by atoms with Crippen LogP contribution in [0.3, 0.4) is 0 Å². The van der Waals surface area contributed by atoms with Gasteiger partial charge in [-0.15, -0.1) is 0 Å². The number of hydrogen-bond acceptors (Lipinski definition) is 4. The Morgan fingerprint density at radius 3 is 2.60 bits per heavy atom. The molecule has 0 radical (unpaired) electrons. The molecule has 25 heavy (non-hydrogen) atoms. The van der Waals surface area contributed by atoms with Crippen LogP contribution >= 0.6 is 0 Å². The van der Waals surface area contributed by atoms with Gasteiger partial charge in [-0.1, -0.05) is 36.4 Å². The molecule has 130 valence electrons. The van der Waals surface area contributed by atoms with Gasteiger partial charge in [-0.3, -0.25) is 9.59 Å². The lowest BCUT2D eigenvalue weighted by Crippen LogP contribution is -2.32. The molecular weight excluding hydrogens is 320 g/mol. The number of hydrogen-bond donors (Lipinski definition) is 2. The summed E-state index contributed by atoms with van der Waals surface area (Å²) < 4.78 is 10.6. The van der Waals surface area contributed by atoms with E-state index in [1.807, 2.05) is 48.5 Å². The van der Waals surface area contributed by atoms with Gasteiger partial charge in [-0.05, 0) is 23.3 Å². The maximum absolute atomic E-state index is 12.3. The summed E-state index contributed by atoms with van der Waals surface area (Å²) in [5.41, 5.74) is 1.82. The van der Waals surface area contributed by atoms with E-state index in [0.29, 0.717) is 18.0 Å². The fraction of sp³-hybridized carbons (Fsp3) is 0.263. The van der Waals surface area contributed by atoms with Crippen molar-refractivity contribution < 1.29 is 19.1 Å². The maximum atomic E-state index is 12.3. The lowest BCUT2D eigenvalue weighted by molar-refractivity contribution is -0.122. The van der Waals surface area contributed by atoms with E-state index in [-0.39, 0.29) is 31.1 Å². The molecule has 2 aromatic carbocycles. The molecule has 0 bridgehead atoms. The molecule has 1 aliphatic rings. The highest BCUT2D eigenvalue weighted by Crippen LogP contribution is 2.32. The van der Waals surface area contributed by atoms with E-state index < -0.39 is 0 Å². The first kappa shape index (κ1) is 16.8. The van der Waals surface area contributed by atoms with Crippen molar-refractivity contribution >= 4 is 11.8 Å². The van der Waals surface area contributed by atoms with E-state index in [1.165, 1.54) is 6.92 Å². The first-order valence-electron chi connectivity index (χ1n) is 8.09. The second-order valence-electron chi connectivity index (χ2n) is 5.83. The number of amides is 2. The summed E-state index contributed by atoms with van der Waals surface area (Å²) in [6.45, 7) is 2.05. The van der Waals surface area contributed by atoms with Gasteiger partial charge in [0.15, 0.2) is 11.5 Å². The quantitative estimate of drug-likeness (QED) is 0.846. The van der Waals surface area contributed by atoms with Crippen LogP contribution in [0.25, 0.3) is 0 Å². The second-order valence-corrected chi connectivity index (χ2v) is 5.83. The number of benzene rings is 2. The highest BCUT2D eigenvalue weighted by atomic mass is 16.7. The minimum Gasteiger partial charge on any atom is -0.454 e. The van der Waals surface area contributed by atoms with Crippen LogP contribution in [-0.4, -0.2) is 18.6 Å². The SMILES string of the molecule is CC(=O)N[C@@H](CC(=O)NCc1ccc2c(c1)OCO2)c1ccccc1. The van der Waals surface area contributed by atoms with Gasteiger partial charge < -0.3 is 20.1 Å². The highest BCUT2D eigenvalue weighted by Gasteiger charge is 2.17. The maximum Gasteiger partial charge on any atom is 0.231 e. The van der Waals surface area contributed by atoms with Crippen molar-refractivity contribution in [2.24, 2.45) is 0 Å². The van der Waals surface area contributed by atoms with Gasteiger partial charge in [-0.2, -0.15) is 0 Å². The molecule has 1 atom stereocenters. The smallest absolute Gasteiger partial charge is 0.231 e. The number of carbonyl (C=O) groups excluding carboxylic acids is 2. The molecule has 2 amide bonds. The van der Waals surface area contributed by atoms with E-state index in [9.17, 15) is 9.59 Å². The molecule has 1 aliphatic heterocycles. The third-order valence-corrected chi connectivity index (χ3v) is 3.90. The predicted molar refractivity (Wildman–Crippen MR) is 92.0 cm³/mol. The van der Waals surface area contributed by atoms with Gasteiger partial charge >= 0.3 is 0 Å². The van der Waals surface area contributed by atoms with Gasteiger partial charge in [0.25, 0.3) is 0 Å². The zero-order valence-electron chi connectivity index (χ0n) is 14.0. The first-order chi connectivity index (χ1) is 12.1. The standard InChI is InChI=1S/C19H20N2O4/c1-13(22)21-16(15-5-3-2-4-6-15)10-19(23)20-11-14-7-8-17-18(9-14)25-12-24-17/h2-9,16H,10-12H2,1H3,(H,20,23)(H,21,22)/t16-/m0/s1. The van der Waals surface area contributed by atoms with E-state index >= 15 is 0 Å². The van der Waals surface area contributed by atoms with E-state index in [4.69, 9.17) is 9.47 Å². The summed E-state index contributed by atoms with van der Waals surface area (Å²) >= 11 is 0. The van der Waals surface area contributed by atoms with Crippen LogP contribution in [0, 0.1) is 0 Å². The van der Waals surface area contributed by atoms with Crippen molar-refractivity contribution in [2.45, 2.75) is 25.9 Å². The zero-order chi connectivity index (χ0) is 17.6. The Hall–Kier alpha value is -3.02. The van der Waals surface area contributed by atoms with Gasteiger partial charge in [0.05, 0.1) is 12.5 Å². The molecule has 2 aromatic rings. The molecule has 0 aliphatic carbocycles. The summed E-state index contributed by atoms with van der Waals surface area (Å²) in [6, 6.07) is 14.7. The molecule has 2 N–H and O–H groups in total. The summed E-state index contributed by atoms with van der Waals surface area (Å²) in [5.74, 6) is 1.09. The van der Waals surface area contributed by atoms with Crippen LogP contribution in [0.1, 0.15) is 30.5 Å². The number of fused-ring (bicyclic) bond motifs is 1. The lowest BCUT2D eigenvalue weighted by Gasteiger charge is -2.18. The molecule has 3 rings (SSSR count). The van der Waals surface area contributed by atoms with Crippen molar-refractivity contribution in [2.75, 3.05) is 6.79 Å². The minimum absolute atomic E-state index is 0.139. The van der Waals surface area contributed by atoms with Crippen LogP contribution in [0.5, 0.6) is 11.5 Å². The monoisotopic (exact) mass is 340 g/mol. The third-order valence-electron chi connectivity index (χ3n) is 3.90. The van der Waals surface area contributed by atoms with Crippen molar-refractivity contribution in [3.63, 3.8) is 0 Å². The predicted octanol–water partition coefficient (Wildman–Crippen LogP) is 2.30.